The minimum Gasteiger partial charge on any atom is -0.326 e. The SMILES string of the molecule is CCc1ccc(C(C2=CC=CCC2)(c2ccccc2)c2ccc(CN)cc2)cc1. The number of hydrogen-bond acceptors (Lipinski definition) is 1. The Bertz CT molecular complexity index is 945. The third-order valence-corrected chi connectivity index (χ3v) is 6.12. The predicted octanol–water partition coefficient (Wildman–Crippen LogP) is 6.32. The molecule has 0 amide bonds. The lowest BCUT2D eigenvalue weighted by molar-refractivity contribution is 0.675. The van der Waals surface area contributed by atoms with Gasteiger partial charge in [0.25, 0.3) is 0 Å². The van der Waals surface area contributed by atoms with Gasteiger partial charge in [-0.15, -0.1) is 0 Å². The second-order valence-electron chi connectivity index (χ2n) is 7.73. The first-order chi connectivity index (χ1) is 14.3. The molecule has 0 bridgehead atoms. The molecule has 1 unspecified atom stereocenters. The summed E-state index contributed by atoms with van der Waals surface area (Å²) < 4.78 is 0. The van der Waals surface area contributed by atoms with E-state index in [2.05, 4.69) is 104 Å². The summed E-state index contributed by atoms with van der Waals surface area (Å²) in [7, 11) is 0. The molecule has 0 radical (unpaired) electrons. The molecule has 4 rings (SSSR count). The average molecular weight is 380 g/mol. The van der Waals surface area contributed by atoms with Gasteiger partial charge in [0.1, 0.15) is 0 Å². The third-order valence-electron chi connectivity index (χ3n) is 6.12. The van der Waals surface area contributed by atoms with Gasteiger partial charge in [0.2, 0.25) is 0 Å². The fraction of sp³-hybridized carbons (Fsp3) is 0.214. The van der Waals surface area contributed by atoms with Crippen LogP contribution in [0.5, 0.6) is 0 Å². The predicted molar refractivity (Wildman–Crippen MR) is 123 cm³/mol. The van der Waals surface area contributed by atoms with Crippen LogP contribution >= 0.6 is 0 Å². The van der Waals surface area contributed by atoms with Crippen molar-refractivity contribution in [2.75, 3.05) is 0 Å². The first kappa shape index (κ1) is 19.4. The van der Waals surface area contributed by atoms with Crippen LogP contribution in [0.2, 0.25) is 0 Å². The summed E-state index contributed by atoms with van der Waals surface area (Å²) in [4.78, 5) is 0. The molecule has 3 aromatic carbocycles. The molecular weight excluding hydrogens is 350 g/mol. The number of benzene rings is 3. The lowest BCUT2D eigenvalue weighted by atomic mass is 9.63. The summed E-state index contributed by atoms with van der Waals surface area (Å²) in [6.45, 7) is 2.77. The normalized spacial score (nSPS) is 15.6. The van der Waals surface area contributed by atoms with E-state index in [1.807, 2.05) is 0 Å². The van der Waals surface area contributed by atoms with Crippen molar-refractivity contribution in [1.29, 1.82) is 0 Å². The maximum absolute atomic E-state index is 5.89. The summed E-state index contributed by atoms with van der Waals surface area (Å²) in [6.07, 6.45) is 9.98. The van der Waals surface area contributed by atoms with Crippen molar-refractivity contribution in [3.05, 3.63) is 130 Å². The molecule has 0 spiro atoms. The standard InChI is InChI=1S/C28H29N/c1-2-22-13-17-26(18-14-22)28(24-9-5-3-6-10-24,25-11-7-4-8-12-25)27-19-15-23(21-29)16-20-27/h3-7,9-11,13-20H,2,8,12,21,29H2,1H3. The fourth-order valence-corrected chi connectivity index (χ4v) is 4.54. The molecule has 146 valence electrons. The van der Waals surface area contributed by atoms with Crippen molar-refractivity contribution in [2.45, 2.75) is 38.1 Å². The van der Waals surface area contributed by atoms with Crippen LogP contribution in [-0.2, 0) is 18.4 Å². The molecule has 3 aromatic rings. The number of rotatable bonds is 6. The van der Waals surface area contributed by atoms with Crippen molar-refractivity contribution in [3.8, 4) is 0 Å². The van der Waals surface area contributed by atoms with Crippen LogP contribution in [0.25, 0.3) is 0 Å². The highest BCUT2D eigenvalue weighted by molar-refractivity contribution is 5.60. The van der Waals surface area contributed by atoms with E-state index < -0.39 is 0 Å². The van der Waals surface area contributed by atoms with Gasteiger partial charge in [-0.2, -0.15) is 0 Å². The second-order valence-corrected chi connectivity index (χ2v) is 7.73. The number of hydrogen-bond donors (Lipinski definition) is 1. The number of allylic oxidation sites excluding steroid dienone is 4. The monoisotopic (exact) mass is 379 g/mol. The summed E-state index contributed by atoms with van der Waals surface area (Å²) in [5.74, 6) is 0. The lowest BCUT2D eigenvalue weighted by Gasteiger charge is -2.39. The Morgan fingerprint density at radius 2 is 1.34 bits per heavy atom. The minimum atomic E-state index is -0.300. The van der Waals surface area contributed by atoms with Crippen LogP contribution in [0, 0.1) is 0 Å². The first-order valence-corrected chi connectivity index (χ1v) is 10.6. The Kier molecular flexibility index (Phi) is 5.78. The van der Waals surface area contributed by atoms with Gasteiger partial charge >= 0.3 is 0 Å². The molecule has 1 nitrogen and oxygen atoms in total. The van der Waals surface area contributed by atoms with E-state index in [9.17, 15) is 0 Å². The van der Waals surface area contributed by atoms with Crippen LogP contribution < -0.4 is 5.73 Å². The summed E-state index contributed by atoms with van der Waals surface area (Å²) in [5, 5.41) is 0. The van der Waals surface area contributed by atoms with Gasteiger partial charge in [0.05, 0.1) is 5.41 Å². The Morgan fingerprint density at radius 1 is 0.759 bits per heavy atom. The van der Waals surface area contributed by atoms with Gasteiger partial charge in [-0.1, -0.05) is 110 Å². The van der Waals surface area contributed by atoms with Crippen LogP contribution in [0.4, 0.5) is 0 Å². The van der Waals surface area contributed by atoms with Crippen LogP contribution in [-0.4, -0.2) is 0 Å². The van der Waals surface area contributed by atoms with Crippen molar-refractivity contribution in [2.24, 2.45) is 5.73 Å². The minimum absolute atomic E-state index is 0.300. The molecule has 1 atom stereocenters. The van der Waals surface area contributed by atoms with Crippen molar-refractivity contribution < 1.29 is 0 Å². The largest absolute Gasteiger partial charge is 0.326 e. The zero-order valence-electron chi connectivity index (χ0n) is 17.1. The fourth-order valence-electron chi connectivity index (χ4n) is 4.54. The molecule has 29 heavy (non-hydrogen) atoms. The van der Waals surface area contributed by atoms with E-state index in [0.29, 0.717) is 6.54 Å². The molecule has 1 aliphatic rings. The van der Waals surface area contributed by atoms with E-state index in [4.69, 9.17) is 5.73 Å². The van der Waals surface area contributed by atoms with Crippen LogP contribution in [0.1, 0.15) is 47.6 Å². The Morgan fingerprint density at radius 3 is 1.86 bits per heavy atom. The molecule has 0 fully saturated rings. The molecule has 1 heteroatoms. The van der Waals surface area contributed by atoms with Crippen molar-refractivity contribution in [1.82, 2.24) is 0 Å². The topological polar surface area (TPSA) is 26.0 Å². The summed E-state index contributed by atoms with van der Waals surface area (Å²) in [5.41, 5.74) is 13.5. The molecule has 1 aliphatic carbocycles. The molecule has 2 N–H and O–H groups in total. The Balaban J connectivity index is 2.03. The van der Waals surface area contributed by atoms with Gasteiger partial charge in [-0.05, 0) is 47.1 Å². The Hall–Kier alpha value is -2.90. The Labute approximate surface area is 174 Å². The zero-order valence-corrected chi connectivity index (χ0v) is 17.1. The maximum atomic E-state index is 5.89. The van der Waals surface area contributed by atoms with Gasteiger partial charge in [0.15, 0.2) is 0 Å². The highest BCUT2D eigenvalue weighted by Gasteiger charge is 2.39. The zero-order chi connectivity index (χ0) is 20.1. The van der Waals surface area contributed by atoms with Gasteiger partial charge in [-0.3, -0.25) is 0 Å². The summed E-state index contributed by atoms with van der Waals surface area (Å²) in [6, 6.07) is 29.0. The number of aryl methyl sites for hydroxylation is 1. The summed E-state index contributed by atoms with van der Waals surface area (Å²) >= 11 is 0. The van der Waals surface area contributed by atoms with Crippen LogP contribution in [0.15, 0.2) is 103 Å². The van der Waals surface area contributed by atoms with E-state index in [1.54, 1.807) is 0 Å². The number of nitrogens with two attached hydrogens (primary N) is 1. The van der Waals surface area contributed by atoms with Gasteiger partial charge in [0, 0.05) is 6.54 Å². The third kappa shape index (κ3) is 3.59. The lowest BCUT2D eigenvalue weighted by Crippen LogP contribution is -2.32. The second kappa shape index (κ2) is 8.63. The van der Waals surface area contributed by atoms with Gasteiger partial charge in [-0.25, -0.2) is 0 Å². The first-order valence-electron chi connectivity index (χ1n) is 10.6. The highest BCUT2D eigenvalue weighted by Crippen LogP contribution is 2.47. The van der Waals surface area contributed by atoms with Crippen molar-refractivity contribution >= 4 is 0 Å². The highest BCUT2D eigenvalue weighted by atomic mass is 14.5. The van der Waals surface area contributed by atoms with Gasteiger partial charge < -0.3 is 5.73 Å². The van der Waals surface area contributed by atoms with E-state index in [-0.39, 0.29) is 5.41 Å². The molecule has 0 saturated carbocycles. The molecule has 0 aliphatic heterocycles. The van der Waals surface area contributed by atoms with Crippen molar-refractivity contribution in [3.63, 3.8) is 0 Å². The molecule has 0 saturated heterocycles. The van der Waals surface area contributed by atoms with E-state index >= 15 is 0 Å². The van der Waals surface area contributed by atoms with Crippen LogP contribution in [0.3, 0.4) is 0 Å². The smallest absolute Gasteiger partial charge is 0.0664 e. The molecule has 0 heterocycles. The molecule has 0 aromatic heterocycles. The molecular formula is C28H29N. The quantitative estimate of drug-likeness (QED) is 0.498. The van der Waals surface area contributed by atoms with E-state index in [1.165, 1.54) is 27.8 Å². The maximum Gasteiger partial charge on any atom is 0.0664 e. The van der Waals surface area contributed by atoms with E-state index in [0.717, 1.165) is 24.8 Å². The average Bonchev–Trinajstić information content (AvgIpc) is 2.82.